The summed E-state index contributed by atoms with van der Waals surface area (Å²) in [5, 5.41) is 4.91. The molecule has 0 unspecified atom stereocenters. The Labute approximate surface area is 155 Å². The fourth-order valence-electron chi connectivity index (χ4n) is 2.64. The lowest BCUT2D eigenvalue weighted by Crippen LogP contribution is -2.27. The summed E-state index contributed by atoms with van der Waals surface area (Å²) in [5.74, 6) is 0.381. The maximum absolute atomic E-state index is 12.4. The Morgan fingerprint density at radius 1 is 1.23 bits per heavy atom. The summed E-state index contributed by atoms with van der Waals surface area (Å²) in [6.07, 6.45) is 3.10. The van der Waals surface area contributed by atoms with E-state index in [9.17, 15) is 9.59 Å². The predicted molar refractivity (Wildman–Crippen MR) is 102 cm³/mol. The van der Waals surface area contributed by atoms with Gasteiger partial charge in [-0.1, -0.05) is 12.1 Å². The van der Waals surface area contributed by atoms with Crippen LogP contribution in [0.25, 0.3) is 11.5 Å². The molecule has 134 valence electrons. The van der Waals surface area contributed by atoms with Crippen molar-refractivity contribution in [2.75, 3.05) is 6.54 Å². The quantitative estimate of drug-likeness (QED) is 0.671. The van der Waals surface area contributed by atoms with Gasteiger partial charge in [-0.15, -0.1) is 11.3 Å². The molecule has 3 heterocycles. The predicted octanol–water partition coefficient (Wildman–Crippen LogP) is 2.49. The van der Waals surface area contributed by atoms with Gasteiger partial charge < -0.3 is 10.3 Å². The standard InChI is InChI=1S/C19H20N4O2S/c1-13-15(7-8-17(24)21-11-9-14-5-4-12-26-14)19(25)23-18(22-13)16-6-2-3-10-20-16/h2-6,10,12H,7-9,11H2,1H3,(H,21,24)(H,22,23,25). The molecule has 0 aliphatic carbocycles. The van der Waals surface area contributed by atoms with Crippen LogP contribution in [-0.2, 0) is 17.6 Å². The van der Waals surface area contributed by atoms with Crippen molar-refractivity contribution in [3.8, 4) is 11.5 Å². The number of hydrogen-bond donors (Lipinski definition) is 2. The smallest absolute Gasteiger partial charge is 0.254 e. The van der Waals surface area contributed by atoms with Crippen LogP contribution in [0, 0.1) is 6.92 Å². The van der Waals surface area contributed by atoms with Gasteiger partial charge >= 0.3 is 0 Å². The van der Waals surface area contributed by atoms with Crippen LogP contribution in [0.3, 0.4) is 0 Å². The molecule has 0 saturated carbocycles. The minimum Gasteiger partial charge on any atom is -0.356 e. The average molecular weight is 368 g/mol. The molecule has 0 radical (unpaired) electrons. The lowest BCUT2D eigenvalue weighted by molar-refractivity contribution is -0.121. The van der Waals surface area contributed by atoms with Gasteiger partial charge in [-0.25, -0.2) is 4.98 Å². The van der Waals surface area contributed by atoms with Crippen molar-refractivity contribution in [1.82, 2.24) is 20.3 Å². The fraction of sp³-hybridized carbons (Fsp3) is 0.263. The first-order valence-electron chi connectivity index (χ1n) is 8.44. The molecule has 0 saturated heterocycles. The SMILES string of the molecule is Cc1nc(-c2ccccn2)[nH]c(=O)c1CCC(=O)NCCc1cccs1. The van der Waals surface area contributed by atoms with Crippen molar-refractivity contribution < 1.29 is 4.79 Å². The van der Waals surface area contributed by atoms with Gasteiger partial charge in [0.25, 0.3) is 5.56 Å². The van der Waals surface area contributed by atoms with E-state index in [2.05, 4.69) is 26.3 Å². The number of carbonyl (C=O) groups excluding carboxylic acids is 1. The monoisotopic (exact) mass is 368 g/mol. The van der Waals surface area contributed by atoms with E-state index in [0.717, 1.165) is 6.42 Å². The summed E-state index contributed by atoms with van der Waals surface area (Å²) < 4.78 is 0. The molecule has 6 nitrogen and oxygen atoms in total. The molecule has 0 aliphatic rings. The second kappa shape index (κ2) is 8.53. The number of pyridine rings is 1. The Kier molecular flexibility index (Phi) is 5.91. The van der Waals surface area contributed by atoms with E-state index >= 15 is 0 Å². The van der Waals surface area contributed by atoms with Crippen LogP contribution in [-0.4, -0.2) is 27.4 Å². The van der Waals surface area contributed by atoms with Crippen molar-refractivity contribution >= 4 is 17.2 Å². The molecule has 0 aliphatic heterocycles. The van der Waals surface area contributed by atoms with E-state index < -0.39 is 0 Å². The van der Waals surface area contributed by atoms with Crippen LogP contribution in [0.5, 0.6) is 0 Å². The van der Waals surface area contributed by atoms with Crippen LogP contribution < -0.4 is 10.9 Å². The summed E-state index contributed by atoms with van der Waals surface area (Å²) in [4.78, 5) is 37.0. The van der Waals surface area contributed by atoms with E-state index in [1.165, 1.54) is 4.88 Å². The molecule has 3 aromatic heterocycles. The van der Waals surface area contributed by atoms with Gasteiger partial charge in [0.1, 0.15) is 5.69 Å². The van der Waals surface area contributed by atoms with Crippen LogP contribution in [0.1, 0.15) is 22.6 Å². The first kappa shape index (κ1) is 18.0. The molecular formula is C19H20N4O2S. The Hall–Kier alpha value is -2.80. The minimum atomic E-state index is -0.218. The number of aromatic nitrogens is 3. The molecule has 0 fully saturated rings. The summed E-state index contributed by atoms with van der Waals surface area (Å²) in [6, 6.07) is 9.48. The number of aryl methyl sites for hydroxylation is 1. The molecule has 3 aromatic rings. The minimum absolute atomic E-state index is 0.0610. The summed E-state index contributed by atoms with van der Waals surface area (Å²) in [7, 11) is 0. The summed E-state index contributed by atoms with van der Waals surface area (Å²) >= 11 is 1.68. The van der Waals surface area contributed by atoms with Gasteiger partial charge in [0, 0.05) is 35.3 Å². The van der Waals surface area contributed by atoms with Crippen LogP contribution in [0.2, 0.25) is 0 Å². The molecule has 3 rings (SSSR count). The van der Waals surface area contributed by atoms with Crippen molar-refractivity contribution in [3.63, 3.8) is 0 Å². The molecule has 7 heteroatoms. The van der Waals surface area contributed by atoms with Gasteiger partial charge in [0.15, 0.2) is 5.82 Å². The normalized spacial score (nSPS) is 10.7. The lowest BCUT2D eigenvalue weighted by Gasteiger charge is -2.08. The number of nitrogens with zero attached hydrogens (tertiary/aromatic N) is 2. The maximum Gasteiger partial charge on any atom is 0.254 e. The molecule has 2 N–H and O–H groups in total. The second-order valence-corrected chi connectivity index (χ2v) is 6.91. The fourth-order valence-corrected chi connectivity index (χ4v) is 3.34. The van der Waals surface area contributed by atoms with E-state index in [-0.39, 0.29) is 17.9 Å². The van der Waals surface area contributed by atoms with Crippen molar-refractivity contribution in [2.45, 2.75) is 26.2 Å². The first-order chi connectivity index (χ1) is 12.6. The number of rotatable bonds is 7. The largest absolute Gasteiger partial charge is 0.356 e. The molecule has 0 atom stereocenters. The zero-order valence-electron chi connectivity index (χ0n) is 14.5. The number of carbonyl (C=O) groups is 1. The van der Waals surface area contributed by atoms with Gasteiger partial charge in [-0.3, -0.25) is 14.6 Å². The Bertz CT molecular complexity index is 920. The Morgan fingerprint density at radius 3 is 2.81 bits per heavy atom. The third kappa shape index (κ3) is 4.64. The van der Waals surface area contributed by atoms with Gasteiger partial charge in [-0.05, 0) is 43.3 Å². The molecular weight excluding hydrogens is 348 g/mol. The van der Waals surface area contributed by atoms with Gasteiger partial charge in [0.2, 0.25) is 5.91 Å². The van der Waals surface area contributed by atoms with E-state index in [1.54, 1.807) is 36.6 Å². The lowest BCUT2D eigenvalue weighted by atomic mass is 10.1. The highest BCUT2D eigenvalue weighted by Gasteiger charge is 2.12. The topological polar surface area (TPSA) is 87.7 Å². The first-order valence-corrected chi connectivity index (χ1v) is 9.31. The second-order valence-electron chi connectivity index (χ2n) is 5.87. The van der Waals surface area contributed by atoms with Crippen LogP contribution in [0.4, 0.5) is 0 Å². The molecule has 0 spiro atoms. The molecule has 0 bridgehead atoms. The Balaban J connectivity index is 1.57. The van der Waals surface area contributed by atoms with Crippen LogP contribution in [0.15, 0.2) is 46.7 Å². The zero-order chi connectivity index (χ0) is 18.4. The Morgan fingerprint density at radius 2 is 2.12 bits per heavy atom. The van der Waals surface area contributed by atoms with E-state index in [4.69, 9.17) is 0 Å². The molecule has 0 aromatic carbocycles. The van der Waals surface area contributed by atoms with Gasteiger partial charge in [-0.2, -0.15) is 0 Å². The number of thiophene rings is 1. The number of aromatic amines is 1. The van der Waals surface area contributed by atoms with Gasteiger partial charge in [0.05, 0.1) is 0 Å². The number of hydrogen-bond acceptors (Lipinski definition) is 5. The van der Waals surface area contributed by atoms with E-state index in [0.29, 0.717) is 35.7 Å². The highest BCUT2D eigenvalue weighted by Crippen LogP contribution is 2.12. The van der Waals surface area contributed by atoms with Crippen LogP contribution >= 0.6 is 11.3 Å². The van der Waals surface area contributed by atoms with Crippen molar-refractivity contribution in [3.05, 3.63) is 68.4 Å². The zero-order valence-corrected chi connectivity index (χ0v) is 15.3. The highest BCUT2D eigenvalue weighted by molar-refractivity contribution is 7.09. The third-order valence-electron chi connectivity index (χ3n) is 4.01. The average Bonchev–Trinajstić information content (AvgIpc) is 3.15. The molecule has 1 amide bonds. The molecule has 26 heavy (non-hydrogen) atoms. The summed E-state index contributed by atoms with van der Waals surface area (Å²) in [5.41, 5.74) is 1.56. The van der Waals surface area contributed by atoms with E-state index in [1.807, 2.05) is 17.5 Å². The third-order valence-corrected chi connectivity index (χ3v) is 4.94. The number of nitrogens with one attached hydrogen (secondary N) is 2. The number of H-pyrrole nitrogens is 1. The maximum atomic E-state index is 12.4. The highest BCUT2D eigenvalue weighted by atomic mass is 32.1. The summed E-state index contributed by atoms with van der Waals surface area (Å²) in [6.45, 7) is 2.39. The van der Waals surface area contributed by atoms with Crippen molar-refractivity contribution in [1.29, 1.82) is 0 Å². The number of amides is 1. The van der Waals surface area contributed by atoms with Crippen molar-refractivity contribution in [2.24, 2.45) is 0 Å².